The number of amides is 1. The summed E-state index contributed by atoms with van der Waals surface area (Å²) in [5.74, 6) is 0.523. The Kier molecular flexibility index (Phi) is 5.95. The Balaban J connectivity index is 1.32. The quantitative estimate of drug-likeness (QED) is 0.416. The molecule has 0 radical (unpaired) electrons. The summed E-state index contributed by atoms with van der Waals surface area (Å²) < 4.78 is 6.75. The van der Waals surface area contributed by atoms with E-state index in [9.17, 15) is 4.79 Å². The van der Waals surface area contributed by atoms with Crippen LogP contribution in [0, 0.1) is 0 Å². The molecule has 0 aliphatic heterocycles. The van der Waals surface area contributed by atoms with E-state index in [0.717, 1.165) is 21.4 Å². The van der Waals surface area contributed by atoms with E-state index in [4.69, 9.17) is 16.0 Å². The lowest BCUT2D eigenvalue weighted by Crippen LogP contribution is -2.27. The zero-order valence-electron chi connectivity index (χ0n) is 14.7. The summed E-state index contributed by atoms with van der Waals surface area (Å²) in [6.45, 7) is 0.593. The highest BCUT2D eigenvalue weighted by molar-refractivity contribution is 7.99. The third-order valence-corrected chi connectivity index (χ3v) is 6.52. The van der Waals surface area contributed by atoms with E-state index in [1.165, 1.54) is 28.7 Å². The molecular formula is C20H16ClN3O2S2. The van der Waals surface area contributed by atoms with Gasteiger partial charge in [0.2, 0.25) is 5.91 Å². The number of thiophene rings is 1. The van der Waals surface area contributed by atoms with Gasteiger partial charge in [-0.05, 0) is 18.1 Å². The monoisotopic (exact) mass is 429 g/mol. The number of halogens is 1. The van der Waals surface area contributed by atoms with E-state index in [0.29, 0.717) is 22.7 Å². The van der Waals surface area contributed by atoms with E-state index in [2.05, 4.69) is 15.5 Å². The Morgan fingerprint density at radius 3 is 2.71 bits per heavy atom. The Morgan fingerprint density at radius 1 is 1.11 bits per heavy atom. The lowest BCUT2D eigenvalue weighted by molar-refractivity contribution is -0.118. The number of thioether (sulfide) groups is 1. The fourth-order valence-electron chi connectivity index (χ4n) is 2.68. The molecule has 4 rings (SSSR count). The summed E-state index contributed by atoms with van der Waals surface area (Å²) in [6.07, 6.45) is 0.798. The number of benzene rings is 2. The van der Waals surface area contributed by atoms with Crippen LogP contribution < -0.4 is 5.32 Å². The maximum Gasteiger partial charge on any atom is 0.277 e. The molecule has 0 aliphatic carbocycles. The minimum absolute atomic E-state index is 0.0689. The van der Waals surface area contributed by atoms with Gasteiger partial charge in [0.25, 0.3) is 11.1 Å². The number of hydrogen-bond acceptors (Lipinski definition) is 6. The molecule has 1 N–H and O–H groups in total. The molecule has 2 heterocycles. The summed E-state index contributed by atoms with van der Waals surface area (Å²) in [7, 11) is 0. The molecule has 0 aliphatic rings. The highest BCUT2D eigenvalue weighted by Gasteiger charge is 2.18. The zero-order valence-corrected chi connectivity index (χ0v) is 17.1. The van der Waals surface area contributed by atoms with Crippen molar-refractivity contribution < 1.29 is 9.21 Å². The number of fused-ring (bicyclic) bond motifs is 1. The van der Waals surface area contributed by atoms with Crippen molar-refractivity contribution in [2.45, 2.75) is 11.6 Å². The summed E-state index contributed by atoms with van der Waals surface area (Å²) in [4.78, 5) is 12.8. The topological polar surface area (TPSA) is 68.0 Å². The fraction of sp³-hybridized carbons (Fsp3) is 0.150. The van der Waals surface area contributed by atoms with Crippen molar-refractivity contribution in [3.8, 4) is 10.8 Å². The molecule has 0 saturated heterocycles. The molecule has 0 fully saturated rings. The molecule has 0 spiro atoms. The van der Waals surface area contributed by atoms with Crippen LogP contribution in [-0.4, -0.2) is 28.4 Å². The van der Waals surface area contributed by atoms with E-state index in [1.54, 1.807) is 0 Å². The van der Waals surface area contributed by atoms with Crippen molar-refractivity contribution in [2.24, 2.45) is 0 Å². The molecule has 142 valence electrons. The molecule has 0 atom stereocenters. The number of aromatic nitrogens is 2. The van der Waals surface area contributed by atoms with Gasteiger partial charge in [0.15, 0.2) is 0 Å². The summed E-state index contributed by atoms with van der Waals surface area (Å²) in [5, 5.41) is 12.9. The van der Waals surface area contributed by atoms with E-state index in [1.807, 2.05) is 54.6 Å². The minimum atomic E-state index is -0.0689. The van der Waals surface area contributed by atoms with Gasteiger partial charge in [-0.25, -0.2) is 0 Å². The van der Waals surface area contributed by atoms with Crippen LogP contribution >= 0.6 is 34.7 Å². The summed E-state index contributed by atoms with van der Waals surface area (Å²) in [5.41, 5.74) is 1.19. The van der Waals surface area contributed by atoms with Crippen molar-refractivity contribution in [1.29, 1.82) is 0 Å². The smallest absolute Gasteiger partial charge is 0.277 e. The van der Waals surface area contributed by atoms with Crippen LogP contribution in [0.2, 0.25) is 5.02 Å². The highest BCUT2D eigenvalue weighted by atomic mass is 35.5. The normalized spacial score (nSPS) is 11.0. The van der Waals surface area contributed by atoms with Crippen molar-refractivity contribution >= 4 is 50.7 Å². The first-order valence-electron chi connectivity index (χ1n) is 8.65. The summed E-state index contributed by atoms with van der Waals surface area (Å²) in [6, 6.07) is 17.9. The lowest BCUT2D eigenvalue weighted by Gasteiger charge is -2.04. The van der Waals surface area contributed by atoms with Crippen molar-refractivity contribution in [3.63, 3.8) is 0 Å². The SMILES string of the molecule is O=C(CSc1nnc(-c2sc3ccccc3c2Cl)o1)NCCc1ccccc1. The second kappa shape index (κ2) is 8.77. The average molecular weight is 430 g/mol. The molecule has 0 saturated carbocycles. The average Bonchev–Trinajstić information content (AvgIpc) is 3.32. The first-order chi connectivity index (χ1) is 13.7. The second-order valence-electron chi connectivity index (χ2n) is 5.99. The van der Waals surface area contributed by atoms with Gasteiger partial charge in [0.05, 0.1) is 10.8 Å². The molecule has 8 heteroatoms. The van der Waals surface area contributed by atoms with Crippen molar-refractivity contribution in [2.75, 3.05) is 12.3 Å². The summed E-state index contributed by atoms with van der Waals surface area (Å²) >= 11 is 9.17. The molecular weight excluding hydrogens is 414 g/mol. The largest absolute Gasteiger partial charge is 0.410 e. The van der Waals surface area contributed by atoms with E-state index >= 15 is 0 Å². The minimum Gasteiger partial charge on any atom is -0.410 e. The number of nitrogens with zero attached hydrogens (tertiary/aromatic N) is 2. The fourth-order valence-corrected chi connectivity index (χ4v) is 4.71. The third kappa shape index (κ3) is 4.38. The first-order valence-corrected chi connectivity index (χ1v) is 10.8. The van der Waals surface area contributed by atoms with Gasteiger partial charge >= 0.3 is 0 Å². The Bertz CT molecular complexity index is 1100. The molecule has 1 amide bonds. The van der Waals surface area contributed by atoms with Crippen LogP contribution in [0.25, 0.3) is 20.9 Å². The molecule has 2 aromatic heterocycles. The van der Waals surface area contributed by atoms with Gasteiger partial charge in [-0.1, -0.05) is 71.9 Å². The zero-order chi connectivity index (χ0) is 19.3. The van der Waals surface area contributed by atoms with E-state index in [-0.39, 0.29) is 11.7 Å². The maximum atomic E-state index is 12.0. The van der Waals surface area contributed by atoms with Gasteiger partial charge in [0.1, 0.15) is 4.88 Å². The van der Waals surface area contributed by atoms with Crippen LogP contribution in [0.3, 0.4) is 0 Å². The number of carbonyl (C=O) groups excluding carboxylic acids is 1. The van der Waals surface area contributed by atoms with Crippen LogP contribution in [-0.2, 0) is 11.2 Å². The Hall–Kier alpha value is -2.35. The molecule has 4 aromatic rings. The van der Waals surface area contributed by atoms with Gasteiger partial charge in [0, 0.05) is 16.6 Å². The van der Waals surface area contributed by atoms with Gasteiger partial charge in [-0.15, -0.1) is 21.5 Å². The van der Waals surface area contributed by atoms with Crippen LogP contribution in [0.15, 0.2) is 64.2 Å². The number of carbonyl (C=O) groups is 1. The molecule has 2 aromatic carbocycles. The Labute approximate surface area is 175 Å². The second-order valence-corrected chi connectivity index (χ2v) is 8.35. The number of rotatable bonds is 7. The third-order valence-electron chi connectivity index (χ3n) is 4.04. The Morgan fingerprint density at radius 2 is 1.89 bits per heavy atom. The van der Waals surface area contributed by atoms with Crippen molar-refractivity contribution in [3.05, 3.63) is 65.2 Å². The predicted molar refractivity (Wildman–Crippen MR) is 114 cm³/mol. The molecule has 0 bridgehead atoms. The van der Waals surface area contributed by atoms with Gasteiger partial charge in [-0.2, -0.15) is 0 Å². The highest BCUT2D eigenvalue weighted by Crippen LogP contribution is 2.41. The van der Waals surface area contributed by atoms with Crippen molar-refractivity contribution in [1.82, 2.24) is 15.5 Å². The molecule has 0 unspecified atom stereocenters. The maximum absolute atomic E-state index is 12.0. The number of hydrogen-bond donors (Lipinski definition) is 1. The molecule has 28 heavy (non-hydrogen) atoms. The van der Waals surface area contributed by atoms with E-state index < -0.39 is 0 Å². The van der Waals surface area contributed by atoms with Crippen LogP contribution in [0.1, 0.15) is 5.56 Å². The van der Waals surface area contributed by atoms with Crippen LogP contribution in [0.4, 0.5) is 0 Å². The standard InChI is InChI=1S/C20H16ClN3O2S2/c21-17-14-8-4-5-9-15(14)28-18(17)19-23-24-20(26-19)27-12-16(25)22-11-10-13-6-2-1-3-7-13/h1-9H,10-12H2,(H,22,25). The lowest BCUT2D eigenvalue weighted by atomic mass is 10.1. The number of nitrogens with one attached hydrogen (secondary N) is 1. The first kappa shape index (κ1) is 19.0. The molecule has 5 nitrogen and oxygen atoms in total. The van der Waals surface area contributed by atoms with Crippen LogP contribution in [0.5, 0.6) is 0 Å². The van der Waals surface area contributed by atoms with Gasteiger partial charge in [-0.3, -0.25) is 4.79 Å². The van der Waals surface area contributed by atoms with Gasteiger partial charge < -0.3 is 9.73 Å². The predicted octanol–water partition coefficient (Wildman–Crippen LogP) is 5.06.